The highest BCUT2D eigenvalue weighted by Gasteiger charge is 2.31. The van der Waals surface area contributed by atoms with Gasteiger partial charge in [-0.3, -0.25) is 0 Å². The van der Waals surface area contributed by atoms with Crippen molar-refractivity contribution < 1.29 is 17.9 Å². The molecule has 0 aliphatic rings. The van der Waals surface area contributed by atoms with Gasteiger partial charge in [0.15, 0.2) is 0 Å². The Labute approximate surface area is 101 Å². The van der Waals surface area contributed by atoms with E-state index < -0.39 is 6.36 Å². The van der Waals surface area contributed by atoms with E-state index in [1.54, 1.807) is 0 Å². The number of anilines is 1. The van der Waals surface area contributed by atoms with E-state index in [1.807, 2.05) is 0 Å². The minimum Gasteiger partial charge on any atom is -0.406 e. The molecule has 0 saturated carbocycles. The predicted octanol–water partition coefficient (Wildman–Crippen LogP) is 3.82. The lowest BCUT2D eigenvalue weighted by atomic mass is 10.2. The van der Waals surface area contributed by atoms with E-state index in [0.717, 1.165) is 6.07 Å². The van der Waals surface area contributed by atoms with E-state index in [2.05, 4.69) is 36.6 Å². The smallest absolute Gasteiger partial charge is 0.406 e. The number of halogens is 5. The van der Waals surface area contributed by atoms with Crippen LogP contribution in [0.15, 0.2) is 16.6 Å². The Morgan fingerprint density at radius 1 is 1.33 bits per heavy atom. The van der Waals surface area contributed by atoms with E-state index in [1.165, 1.54) is 6.07 Å². The van der Waals surface area contributed by atoms with Crippen molar-refractivity contribution in [2.75, 3.05) is 5.73 Å². The lowest BCUT2D eigenvalue weighted by molar-refractivity contribution is -0.274. The third-order valence-electron chi connectivity index (χ3n) is 1.57. The fourth-order valence-electron chi connectivity index (χ4n) is 0.965. The van der Waals surface area contributed by atoms with Gasteiger partial charge in [-0.05, 0) is 6.07 Å². The molecule has 0 aliphatic carbocycles. The second kappa shape index (κ2) is 4.61. The van der Waals surface area contributed by atoms with Gasteiger partial charge in [-0.2, -0.15) is 0 Å². The fourth-order valence-corrected chi connectivity index (χ4v) is 2.56. The number of nitrogen functional groups attached to an aromatic ring is 1. The molecule has 0 aliphatic heterocycles. The SMILES string of the molecule is Nc1cc(OC(F)(F)F)cc(Br)c1CBr. The van der Waals surface area contributed by atoms with Gasteiger partial charge in [0.25, 0.3) is 0 Å². The molecule has 15 heavy (non-hydrogen) atoms. The van der Waals surface area contributed by atoms with Gasteiger partial charge < -0.3 is 10.5 Å². The summed E-state index contributed by atoms with van der Waals surface area (Å²) in [6, 6.07) is 2.36. The largest absolute Gasteiger partial charge is 0.573 e. The van der Waals surface area contributed by atoms with Crippen LogP contribution in [0.5, 0.6) is 5.75 Å². The Morgan fingerprint density at radius 3 is 2.33 bits per heavy atom. The normalized spacial score (nSPS) is 11.5. The summed E-state index contributed by atoms with van der Waals surface area (Å²) in [5.41, 5.74) is 6.47. The van der Waals surface area contributed by atoms with Crippen LogP contribution in [-0.2, 0) is 5.33 Å². The molecule has 1 aromatic rings. The minimum atomic E-state index is -4.71. The topological polar surface area (TPSA) is 35.2 Å². The maximum absolute atomic E-state index is 11.9. The lowest BCUT2D eigenvalue weighted by Gasteiger charge is -2.12. The third kappa shape index (κ3) is 3.57. The van der Waals surface area contributed by atoms with Crippen molar-refractivity contribution in [3.8, 4) is 5.75 Å². The molecule has 2 nitrogen and oxygen atoms in total. The first-order valence-corrected chi connectivity index (χ1v) is 5.64. The third-order valence-corrected chi connectivity index (χ3v) is 2.84. The Balaban J connectivity index is 3.04. The lowest BCUT2D eigenvalue weighted by Crippen LogP contribution is -2.17. The van der Waals surface area contributed by atoms with Crippen LogP contribution in [0.4, 0.5) is 18.9 Å². The summed E-state index contributed by atoms with van der Waals surface area (Å²) in [7, 11) is 0. The number of alkyl halides is 4. The van der Waals surface area contributed by atoms with Crippen molar-refractivity contribution in [1.29, 1.82) is 0 Å². The van der Waals surface area contributed by atoms with Crippen molar-refractivity contribution in [3.63, 3.8) is 0 Å². The highest BCUT2D eigenvalue weighted by atomic mass is 79.9. The standard InChI is InChI=1S/C8H6Br2F3NO/c9-3-5-6(10)1-4(2-7(5)14)15-8(11,12)13/h1-2H,3,14H2. The molecular weight excluding hydrogens is 343 g/mol. The number of nitrogens with two attached hydrogens (primary N) is 1. The van der Waals surface area contributed by atoms with Crippen molar-refractivity contribution in [3.05, 3.63) is 22.2 Å². The van der Waals surface area contributed by atoms with Crippen molar-refractivity contribution in [1.82, 2.24) is 0 Å². The molecule has 0 radical (unpaired) electrons. The van der Waals surface area contributed by atoms with Crippen LogP contribution in [-0.4, -0.2) is 6.36 Å². The summed E-state index contributed by atoms with van der Waals surface area (Å²) >= 11 is 6.28. The molecule has 84 valence electrons. The zero-order chi connectivity index (χ0) is 11.6. The van der Waals surface area contributed by atoms with Gasteiger partial charge in [-0.25, -0.2) is 0 Å². The molecule has 0 bridgehead atoms. The molecule has 0 unspecified atom stereocenters. The second-order valence-electron chi connectivity index (χ2n) is 2.65. The van der Waals surface area contributed by atoms with Gasteiger partial charge in [-0.1, -0.05) is 31.9 Å². The van der Waals surface area contributed by atoms with Gasteiger partial charge in [0.05, 0.1) is 0 Å². The Bertz CT molecular complexity index is 344. The van der Waals surface area contributed by atoms with Crippen LogP contribution in [0.25, 0.3) is 0 Å². The molecule has 0 saturated heterocycles. The average molecular weight is 349 g/mol. The quantitative estimate of drug-likeness (QED) is 0.651. The number of hydrogen-bond acceptors (Lipinski definition) is 2. The molecule has 0 fully saturated rings. The molecule has 2 N–H and O–H groups in total. The van der Waals surface area contributed by atoms with E-state index in [0.29, 0.717) is 15.4 Å². The summed E-state index contributed by atoms with van der Waals surface area (Å²) in [5.74, 6) is -0.337. The van der Waals surface area contributed by atoms with Crippen LogP contribution in [0, 0.1) is 0 Å². The first-order chi connectivity index (χ1) is 6.83. The van der Waals surface area contributed by atoms with Gasteiger partial charge in [-0.15, -0.1) is 13.2 Å². The molecule has 0 atom stereocenters. The van der Waals surface area contributed by atoms with E-state index in [9.17, 15) is 13.2 Å². The zero-order valence-electron chi connectivity index (χ0n) is 7.24. The maximum Gasteiger partial charge on any atom is 0.573 e. The molecule has 7 heteroatoms. The zero-order valence-corrected chi connectivity index (χ0v) is 10.4. The van der Waals surface area contributed by atoms with E-state index >= 15 is 0 Å². The summed E-state index contributed by atoms with van der Waals surface area (Å²) in [6.45, 7) is 0. The number of rotatable bonds is 2. The van der Waals surface area contributed by atoms with Crippen molar-refractivity contribution >= 4 is 37.5 Å². The summed E-state index contributed by atoms with van der Waals surface area (Å²) in [4.78, 5) is 0. The van der Waals surface area contributed by atoms with Crippen molar-refractivity contribution in [2.24, 2.45) is 0 Å². The molecule has 1 rings (SSSR count). The molecule has 0 heterocycles. The van der Waals surface area contributed by atoms with Crippen LogP contribution in [0.3, 0.4) is 0 Å². The van der Waals surface area contributed by atoms with E-state index in [-0.39, 0.29) is 11.4 Å². The highest BCUT2D eigenvalue weighted by Crippen LogP contribution is 2.33. The molecular formula is C8H6Br2F3NO. The minimum absolute atomic E-state index is 0.237. The van der Waals surface area contributed by atoms with Gasteiger partial charge in [0.2, 0.25) is 0 Å². The highest BCUT2D eigenvalue weighted by molar-refractivity contribution is 9.10. The molecule has 0 aromatic heterocycles. The maximum atomic E-state index is 11.9. The van der Waals surface area contributed by atoms with Crippen LogP contribution < -0.4 is 10.5 Å². The first kappa shape index (κ1) is 12.6. The first-order valence-electron chi connectivity index (χ1n) is 3.73. The summed E-state index contributed by atoms with van der Waals surface area (Å²) < 4.78 is 39.9. The molecule has 0 amide bonds. The monoisotopic (exact) mass is 347 g/mol. The van der Waals surface area contributed by atoms with Crippen LogP contribution in [0.2, 0.25) is 0 Å². The Hall–Kier alpha value is -0.430. The van der Waals surface area contributed by atoms with Gasteiger partial charge in [0, 0.05) is 27.1 Å². The average Bonchev–Trinajstić information content (AvgIpc) is 1.99. The van der Waals surface area contributed by atoms with Crippen molar-refractivity contribution in [2.45, 2.75) is 11.7 Å². The second-order valence-corrected chi connectivity index (χ2v) is 4.07. The summed E-state index contributed by atoms with van der Waals surface area (Å²) in [6.07, 6.45) is -4.71. The number of benzene rings is 1. The molecule has 1 aromatic carbocycles. The Morgan fingerprint density at radius 2 is 1.93 bits per heavy atom. The fraction of sp³-hybridized carbons (Fsp3) is 0.250. The predicted molar refractivity (Wildman–Crippen MR) is 57.9 cm³/mol. The summed E-state index contributed by atoms with van der Waals surface area (Å²) in [5, 5.41) is 0.450. The van der Waals surface area contributed by atoms with E-state index in [4.69, 9.17) is 5.73 Å². The Kier molecular flexibility index (Phi) is 3.88. The van der Waals surface area contributed by atoms with Gasteiger partial charge >= 0.3 is 6.36 Å². The number of hydrogen-bond donors (Lipinski definition) is 1. The number of ether oxygens (including phenoxy) is 1. The van der Waals surface area contributed by atoms with Crippen LogP contribution >= 0.6 is 31.9 Å². The molecule has 0 spiro atoms. The van der Waals surface area contributed by atoms with Crippen LogP contribution in [0.1, 0.15) is 5.56 Å². The van der Waals surface area contributed by atoms with Gasteiger partial charge in [0.1, 0.15) is 5.75 Å².